The molecular weight excluding hydrogens is 467 g/mol. The normalized spacial score (nSPS) is 21.1. The van der Waals surface area contributed by atoms with Gasteiger partial charge in [0.15, 0.2) is 0 Å². The van der Waals surface area contributed by atoms with E-state index in [2.05, 4.69) is 0 Å². The molecule has 0 aliphatic carbocycles. The number of aryl methyl sites for hydroxylation is 1. The van der Waals surface area contributed by atoms with E-state index in [1.54, 1.807) is 24.9 Å². The molecule has 4 rings (SSSR count). The van der Waals surface area contributed by atoms with Gasteiger partial charge in [0.2, 0.25) is 5.91 Å². The number of urea groups is 1. The lowest BCUT2D eigenvalue weighted by Crippen LogP contribution is -2.57. The molecule has 36 heavy (non-hydrogen) atoms. The van der Waals surface area contributed by atoms with Crippen LogP contribution in [0.15, 0.2) is 42.5 Å². The van der Waals surface area contributed by atoms with Gasteiger partial charge in [-0.2, -0.15) is 13.2 Å². The Morgan fingerprint density at radius 3 is 2.36 bits per heavy atom. The number of alkyl halides is 3. The van der Waals surface area contributed by atoms with Gasteiger partial charge >= 0.3 is 12.2 Å². The van der Waals surface area contributed by atoms with Crippen LogP contribution in [0.3, 0.4) is 0 Å². The molecule has 8 heteroatoms. The lowest BCUT2D eigenvalue weighted by atomic mass is 9.90. The summed E-state index contributed by atoms with van der Waals surface area (Å²) in [5.74, 6) is 0.0234. The molecule has 0 bridgehead atoms. The monoisotopic (exact) mass is 501 g/mol. The summed E-state index contributed by atoms with van der Waals surface area (Å²) in [6.07, 6.45) is -3.33. The number of amides is 3. The van der Waals surface area contributed by atoms with Crippen LogP contribution in [0.5, 0.6) is 0 Å². The predicted molar refractivity (Wildman–Crippen MR) is 132 cm³/mol. The molecule has 3 amide bonds. The summed E-state index contributed by atoms with van der Waals surface area (Å²) in [5.41, 5.74) is 2.37. The molecule has 0 aromatic heterocycles. The third-order valence-electron chi connectivity index (χ3n) is 7.75. The fraction of sp³-hybridized carbons (Fsp3) is 0.500. The van der Waals surface area contributed by atoms with Gasteiger partial charge in [-0.1, -0.05) is 44.2 Å². The molecule has 2 heterocycles. The van der Waals surface area contributed by atoms with E-state index in [9.17, 15) is 22.8 Å². The minimum Gasteiger partial charge on any atom is -0.335 e. The van der Waals surface area contributed by atoms with Crippen LogP contribution in [0.2, 0.25) is 0 Å². The zero-order chi connectivity index (χ0) is 26.4. The van der Waals surface area contributed by atoms with Crippen LogP contribution in [0.4, 0.5) is 18.0 Å². The van der Waals surface area contributed by atoms with Crippen molar-refractivity contribution in [2.24, 2.45) is 0 Å². The molecule has 0 saturated carbocycles. The number of nitrogens with zero attached hydrogens (tertiary/aromatic N) is 3. The summed E-state index contributed by atoms with van der Waals surface area (Å²) in [4.78, 5) is 31.6. The lowest BCUT2D eigenvalue weighted by Gasteiger charge is -2.47. The molecule has 0 spiro atoms. The van der Waals surface area contributed by atoms with E-state index in [0.717, 1.165) is 17.2 Å². The van der Waals surface area contributed by atoms with Gasteiger partial charge in [-0.05, 0) is 60.6 Å². The maximum atomic E-state index is 13.9. The van der Waals surface area contributed by atoms with Crippen LogP contribution >= 0.6 is 0 Å². The molecule has 3 atom stereocenters. The molecule has 2 fully saturated rings. The average Bonchev–Trinajstić information content (AvgIpc) is 3.22. The van der Waals surface area contributed by atoms with E-state index >= 15 is 0 Å². The highest BCUT2D eigenvalue weighted by molar-refractivity contribution is 5.81. The van der Waals surface area contributed by atoms with Gasteiger partial charge < -0.3 is 14.7 Å². The Labute approximate surface area is 210 Å². The largest absolute Gasteiger partial charge is 0.416 e. The molecule has 0 N–H and O–H groups in total. The minimum absolute atomic E-state index is 0.0855. The second-order valence-corrected chi connectivity index (χ2v) is 10.3. The average molecular weight is 502 g/mol. The fourth-order valence-corrected chi connectivity index (χ4v) is 5.45. The summed E-state index contributed by atoms with van der Waals surface area (Å²) in [6, 6.07) is 10.7. The number of fused-ring (bicyclic) bond motifs is 1. The Morgan fingerprint density at radius 1 is 1.06 bits per heavy atom. The summed E-state index contributed by atoms with van der Waals surface area (Å²) >= 11 is 0. The minimum atomic E-state index is -4.47. The van der Waals surface area contributed by atoms with E-state index in [4.69, 9.17) is 0 Å². The summed E-state index contributed by atoms with van der Waals surface area (Å²) < 4.78 is 40.9. The smallest absolute Gasteiger partial charge is 0.335 e. The molecule has 2 saturated heterocycles. The Kier molecular flexibility index (Phi) is 7.08. The molecule has 0 radical (unpaired) electrons. The van der Waals surface area contributed by atoms with Crippen LogP contribution in [-0.2, 0) is 11.0 Å². The molecule has 2 aliphatic rings. The molecule has 0 unspecified atom stereocenters. The zero-order valence-corrected chi connectivity index (χ0v) is 21.5. The fourth-order valence-electron chi connectivity index (χ4n) is 5.45. The molecule has 2 aromatic rings. The van der Waals surface area contributed by atoms with Gasteiger partial charge in [0, 0.05) is 26.6 Å². The van der Waals surface area contributed by atoms with Crippen molar-refractivity contribution in [3.8, 4) is 0 Å². The number of carbonyl (C=O) groups excluding carboxylic acids is 2. The summed E-state index contributed by atoms with van der Waals surface area (Å²) in [5, 5.41) is 0. The van der Waals surface area contributed by atoms with Crippen molar-refractivity contribution in [1.82, 2.24) is 14.7 Å². The van der Waals surface area contributed by atoms with E-state index in [0.29, 0.717) is 37.1 Å². The number of rotatable bonds is 4. The molecular formula is C28H34F3N3O2. The third-order valence-corrected chi connectivity index (χ3v) is 7.75. The Morgan fingerprint density at radius 2 is 1.72 bits per heavy atom. The predicted octanol–water partition coefficient (Wildman–Crippen LogP) is 6.30. The lowest BCUT2D eigenvalue weighted by molar-refractivity contribution is -0.137. The molecule has 2 aromatic carbocycles. The van der Waals surface area contributed by atoms with Crippen molar-refractivity contribution in [2.75, 3.05) is 20.1 Å². The first-order valence-corrected chi connectivity index (χ1v) is 12.5. The number of halogens is 3. The van der Waals surface area contributed by atoms with Crippen molar-refractivity contribution in [3.05, 3.63) is 70.3 Å². The number of carbonyl (C=O) groups is 2. The van der Waals surface area contributed by atoms with Crippen LogP contribution in [0, 0.1) is 6.92 Å². The van der Waals surface area contributed by atoms with Crippen LogP contribution in [-0.4, -0.2) is 52.8 Å². The highest BCUT2D eigenvalue weighted by Gasteiger charge is 2.46. The van der Waals surface area contributed by atoms with Gasteiger partial charge in [0.05, 0.1) is 23.7 Å². The number of hydrogen-bond donors (Lipinski definition) is 0. The van der Waals surface area contributed by atoms with Gasteiger partial charge in [-0.15, -0.1) is 0 Å². The zero-order valence-electron chi connectivity index (χ0n) is 21.5. The van der Waals surface area contributed by atoms with E-state index in [1.807, 2.05) is 49.9 Å². The summed E-state index contributed by atoms with van der Waals surface area (Å²) in [6.45, 7) is 8.30. The van der Waals surface area contributed by atoms with E-state index in [1.165, 1.54) is 11.0 Å². The second-order valence-electron chi connectivity index (χ2n) is 10.3. The van der Waals surface area contributed by atoms with Gasteiger partial charge in [-0.25, -0.2) is 4.79 Å². The standard InChI is InChI=1S/C28H34F3N3O2/c1-17(2)20-14-21(16-22(15-20)28(29,30)31)19(4)32(5)27(36)34-13-12-33-24(10-11-25(33)35)26(34)23-9-7-6-8-18(23)3/h6-9,14-17,19,24,26H,10-13H2,1-5H3/t19-,24+,26+/m1/s1. The Bertz CT molecular complexity index is 1150. The number of piperazine rings is 1. The number of hydrogen-bond acceptors (Lipinski definition) is 2. The van der Waals surface area contributed by atoms with Crippen LogP contribution in [0.25, 0.3) is 0 Å². The summed E-state index contributed by atoms with van der Waals surface area (Å²) in [7, 11) is 1.64. The molecule has 5 nitrogen and oxygen atoms in total. The van der Waals surface area contributed by atoms with Crippen molar-refractivity contribution in [1.29, 1.82) is 0 Å². The highest BCUT2D eigenvalue weighted by atomic mass is 19.4. The van der Waals surface area contributed by atoms with Crippen LogP contribution in [0.1, 0.15) is 79.4 Å². The van der Waals surface area contributed by atoms with Gasteiger partial charge in [0.1, 0.15) is 0 Å². The quantitative estimate of drug-likeness (QED) is 0.494. The van der Waals surface area contributed by atoms with E-state index < -0.39 is 17.8 Å². The Hall–Kier alpha value is -3.03. The SMILES string of the molecule is Cc1ccccc1[C@H]1[C@@H]2CCC(=O)N2CCN1C(=O)N(C)[C@H](C)c1cc(C(C)C)cc(C(F)(F)F)c1. The third kappa shape index (κ3) is 4.82. The first-order valence-electron chi connectivity index (χ1n) is 12.5. The van der Waals surface area contributed by atoms with Gasteiger partial charge in [-0.3, -0.25) is 4.79 Å². The maximum absolute atomic E-state index is 13.9. The van der Waals surface area contributed by atoms with E-state index in [-0.39, 0.29) is 29.9 Å². The number of benzene rings is 2. The highest BCUT2D eigenvalue weighted by Crippen LogP contribution is 2.40. The van der Waals surface area contributed by atoms with Crippen molar-refractivity contribution >= 4 is 11.9 Å². The molecule has 194 valence electrons. The second kappa shape index (κ2) is 9.79. The van der Waals surface area contributed by atoms with Crippen molar-refractivity contribution in [2.45, 2.75) is 70.8 Å². The Balaban J connectivity index is 1.68. The maximum Gasteiger partial charge on any atom is 0.416 e. The van der Waals surface area contributed by atoms with Crippen LogP contribution < -0.4 is 0 Å². The first kappa shape index (κ1) is 26.0. The van der Waals surface area contributed by atoms with Crippen molar-refractivity contribution in [3.63, 3.8) is 0 Å². The first-order chi connectivity index (χ1) is 16.9. The van der Waals surface area contributed by atoms with Gasteiger partial charge in [0.25, 0.3) is 0 Å². The van der Waals surface area contributed by atoms with Crippen molar-refractivity contribution < 1.29 is 22.8 Å². The molecule has 2 aliphatic heterocycles. The topological polar surface area (TPSA) is 43.9 Å².